The Balaban J connectivity index is 1.38. The van der Waals surface area contributed by atoms with Crippen LogP contribution in [0.25, 0.3) is 21.9 Å². The number of pyridine rings is 1. The molecule has 1 aromatic carbocycles. The van der Waals surface area contributed by atoms with Gasteiger partial charge in [-0.05, 0) is 31.2 Å². The van der Waals surface area contributed by atoms with Crippen LogP contribution in [0.1, 0.15) is 13.2 Å². The maximum absolute atomic E-state index is 10.9. The number of nitrogen functional groups attached to an aromatic ring is 1. The number of aliphatic hydroxyl groups excluding tert-OH is 1. The first kappa shape index (κ1) is 18.7. The van der Waals surface area contributed by atoms with Crippen molar-refractivity contribution >= 4 is 27.8 Å². The van der Waals surface area contributed by atoms with Crippen LogP contribution in [0.15, 0.2) is 55.1 Å². The highest BCUT2D eigenvalue weighted by atomic mass is 16.6. The summed E-state index contributed by atoms with van der Waals surface area (Å²) in [6.07, 6.45) is 1.96. The third-order valence-electron chi connectivity index (χ3n) is 5.62. The van der Waals surface area contributed by atoms with Crippen LogP contribution in [-0.4, -0.2) is 54.1 Å². The minimum atomic E-state index is -1.53. The zero-order chi connectivity index (χ0) is 20.9. The summed E-state index contributed by atoms with van der Waals surface area (Å²) in [5.74, 6) is 0.938. The van der Waals surface area contributed by atoms with Crippen molar-refractivity contribution in [1.82, 2.24) is 19.5 Å². The molecule has 4 N–H and O–H groups in total. The summed E-state index contributed by atoms with van der Waals surface area (Å²) >= 11 is 0. The summed E-state index contributed by atoms with van der Waals surface area (Å²) in [5.41, 5.74) is 5.69. The Morgan fingerprint density at radius 2 is 2.10 bits per heavy atom. The first-order valence-corrected chi connectivity index (χ1v) is 9.55. The first-order valence-electron chi connectivity index (χ1n) is 9.55. The van der Waals surface area contributed by atoms with Crippen molar-refractivity contribution in [3.63, 3.8) is 0 Å². The van der Waals surface area contributed by atoms with Gasteiger partial charge in [-0.2, -0.15) is 0 Å². The number of aromatic nitrogens is 4. The van der Waals surface area contributed by atoms with Crippen LogP contribution in [0.2, 0.25) is 0 Å². The minimum absolute atomic E-state index is 0.0508. The number of fused-ring (bicyclic) bond motifs is 2. The predicted octanol–water partition coefficient (Wildman–Crippen LogP) is 1.65. The van der Waals surface area contributed by atoms with Crippen molar-refractivity contribution in [3.8, 4) is 5.75 Å². The smallest absolute Gasteiger partial charge is 0.164 e. The summed E-state index contributed by atoms with van der Waals surface area (Å²) in [5, 5.41) is 23.4. The molecule has 9 nitrogen and oxygen atoms in total. The number of nitrogens with two attached hydrogens (primary N) is 1. The number of anilines is 1. The Kier molecular flexibility index (Phi) is 4.31. The maximum Gasteiger partial charge on any atom is 0.164 e. The molecule has 0 radical (unpaired) electrons. The molecule has 4 heterocycles. The number of hydrogen-bond donors (Lipinski definition) is 3. The SMILES string of the molecule is C[C@@]1(O)[C@@H](COc2ccc3cccnc3c2)O[C@@H](n2ccc3c(N)ncnc32)[C@@H]1O. The number of hydrogen-bond acceptors (Lipinski definition) is 8. The lowest BCUT2D eigenvalue weighted by molar-refractivity contribution is -0.0765. The predicted molar refractivity (Wildman–Crippen MR) is 110 cm³/mol. The van der Waals surface area contributed by atoms with Crippen molar-refractivity contribution in [1.29, 1.82) is 0 Å². The minimum Gasteiger partial charge on any atom is -0.491 e. The van der Waals surface area contributed by atoms with Crippen molar-refractivity contribution in [3.05, 3.63) is 55.1 Å². The van der Waals surface area contributed by atoms with Crippen LogP contribution >= 0.6 is 0 Å². The standard InChI is InChI=1S/C21H21N5O4/c1-21(28)16(10-29-13-5-4-12-3-2-7-23-15(12)9-13)30-20(17(21)27)26-8-6-14-18(22)24-11-25-19(14)26/h2-9,11,16-17,20,27-28H,10H2,1H3,(H2,22,24,25)/t16-,17+,20-,21-/m1/s1. The summed E-state index contributed by atoms with van der Waals surface area (Å²) < 4.78 is 13.5. The second kappa shape index (κ2) is 6.91. The fourth-order valence-electron chi connectivity index (χ4n) is 3.79. The van der Waals surface area contributed by atoms with Gasteiger partial charge in [0.25, 0.3) is 0 Å². The van der Waals surface area contributed by atoms with Crippen LogP contribution in [0, 0.1) is 0 Å². The van der Waals surface area contributed by atoms with Crippen molar-refractivity contribution < 1.29 is 19.7 Å². The zero-order valence-electron chi connectivity index (χ0n) is 16.2. The van der Waals surface area contributed by atoms with Gasteiger partial charge < -0.3 is 30.0 Å². The highest BCUT2D eigenvalue weighted by molar-refractivity contribution is 5.86. The van der Waals surface area contributed by atoms with Gasteiger partial charge >= 0.3 is 0 Å². The molecular weight excluding hydrogens is 386 g/mol. The van der Waals surface area contributed by atoms with Gasteiger partial charge in [0.15, 0.2) is 6.23 Å². The average Bonchev–Trinajstić information content (AvgIpc) is 3.27. The maximum atomic E-state index is 10.9. The Morgan fingerprint density at radius 1 is 1.23 bits per heavy atom. The van der Waals surface area contributed by atoms with E-state index in [4.69, 9.17) is 15.2 Å². The molecule has 0 bridgehead atoms. The number of benzene rings is 1. The molecule has 0 aliphatic carbocycles. The Labute approximate surface area is 171 Å². The van der Waals surface area contributed by atoms with Gasteiger partial charge in [0, 0.05) is 23.8 Å². The molecule has 3 aromatic heterocycles. The highest BCUT2D eigenvalue weighted by Gasteiger charge is 2.53. The van der Waals surface area contributed by atoms with Crippen LogP contribution in [-0.2, 0) is 4.74 Å². The number of aliphatic hydroxyl groups is 2. The van der Waals surface area contributed by atoms with Gasteiger partial charge in [-0.25, -0.2) is 9.97 Å². The van der Waals surface area contributed by atoms with Gasteiger partial charge in [0.2, 0.25) is 0 Å². The molecule has 1 aliphatic rings. The molecule has 30 heavy (non-hydrogen) atoms. The second-order valence-corrected chi connectivity index (χ2v) is 7.57. The van der Waals surface area contributed by atoms with Crippen LogP contribution < -0.4 is 10.5 Å². The van der Waals surface area contributed by atoms with Crippen molar-refractivity contribution in [2.24, 2.45) is 0 Å². The summed E-state index contributed by atoms with van der Waals surface area (Å²) in [7, 11) is 0. The molecule has 1 aliphatic heterocycles. The average molecular weight is 407 g/mol. The van der Waals surface area contributed by atoms with Gasteiger partial charge in [0.05, 0.1) is 10.9 Å². The van der Waals surface area contributed by atoms with Crippen molar-refractivity contribution in [2.75, 3.05) is 12.3 Å². The van der Waals surface area contributed by atoms with E-state index < -0.39 is 24.0 Å². The summed E-state index contributed by atoms with van der Waals surface area (Å²) in [4.78, 5) is 12.5. The molecule has 1 fully saturated rings. The van der Waals surface area contributed by atoms with Gasteiger partial charge in [-0.1, -0.05) is 6.07 Å². The molecule has 0 saturated carbocycles. The van der Waals surface area contributed by atoms with Crippen LogP contribution in [0.5, 0.6) is 5.75 Å². The van der Waals surface area contributed by atoms with E-state index in [1.807, 2.05) is 30.3 Å². The van der Waals surface area contributed by atoms with Crippen molar-refractivity contribution in [2.45, 2.75) is 31.0 Å². The van der Waals surface area contributed by atoms with E-state index in [1.54, 1.807) is 23.0 Å². The third kappa shape index (κ3) is 2.95. The molecule has 4 aromatic rings. The van der Waals surface area contributed by atoms with E-state index in [1.165, 1.54) is 13.3 Å². The topological polar surface area (TPSA) is 129 Å². The third-order valence-corrected chi connectivity index (χ3v) is 5.62. The van der Waals surface area contributed by atoms with Crippen LogP contribution in [0.3, 0.4) is 0 Å². The lowest BCUT2D eigenvalue weighted by atomic mass is 9.95. The van der Waals surface area contributed by atoms with Gasteiger partial charge in [-0.15, -0.1) is 0 Å². The van der Waals surface area contributed by atoms with E-state index in [0.717, 1.165) is 10.9 Å². The molecular formula is C21H21N5O4. The number of nitrogens with zero attached hydrogens (tertiary/aromatic N) is 4. The van der Waals surface area contributed by atoms with E-state index in [9.17, 15) is 10.2 Å². The molecule has 0 spiro atoms. The fourth-order valence-corrected chi connectivity index (χ4v) is 3.79. The highest BCUT2D eigenvalue weighted by Crippen LogP contribution is 2.39. The first-order chi connectivity index (χ1) is 14.4. The fraction of sp³-hybridized carbons (Fsp3) is 0.286. The Bertz CT molecular complexity index is 1220. The Morgan fingerprint density at radius 3 is 2.97 bits per heavy atom. The van der Waals surface area contributed by atoms with E-state index >= 15 is 0 Å². The van der Waals surface area contributed by atoms with E-state index in [2.05, 4.69) is 15.0 Å². The molecule has 4 atom stereocenters. The summed E-state index contributed by atoms with van der Waals surface area (Å²) in [6.45, 7) is 1.58. The molecule has 0 unspecified atom stereocenters. The van der Waals surface area contributed by atoms with Gasteiger partial charge in [0.1, 0.15) is 48.0 Å². The van der Waals surface area contributed by atoms with Gasteiger partial charge in [-0.3, -0.25) is 4.98 Å². The lowest BCUT2D eigenvalue weighted by Gasteiger charge is -2.26. The normalized spacial score (nSPS) is 26.4. The monoisotopic (exact) mass is 407 g/mol. The number of ether oxygens (including phenoxy) is 2. The van der Waals surface area contributed by atoms with E-state index in [-0.39, 0.29) is 6.61 Å². The second-order valence-electron chi connectivity index (χ2n) is 7.57. The largest absolute Gasteiger partial charge is 0.491 e. The molecule has 0 amide bonds. The van der Waals surface area contributed by atoms with Crippen LogP contribution in [0.4, 0.5) is 5.82 Å². The molecule has 154 valence electrons. The molecule has 9 heteroatoms. The quantitative estimate of drug-likeness (QED) is 0.466. The summed E-state index contributed by atoms with van der Waals surface area (Å²) in [6, 6.07) is 11.2. The molecule has 5 rings (SSSR count). The molecule has 1 saturated heterocycles. The van der Waals surface area contributed by atoms with E-state index in [0.29, 0.717) is 22.6 Å². The zero-order valence-corrected chi connectivity index (χ0v) is 16.2. The lowest BCUT2D eigenvalue weighted by Crippen LogP contribution is -2.47. The Hall–Kier alpha value is -3.27. The number of rotatable bonds is 4.